The number of hydrogen-bond donors (Lipinski definition) is 1. The minimum atomic E-state index is -2.69. The van der Waals surface area contributed by atoms with Gasteiger partial charge in [-0.3, -0.25) is 9.78 Å². The Balaban J connectivity index is 1.19. The van der Waals surface area contributed by atoms with Crippen LogP contribution in [0.5, 0.6) is 0 Å². The molecule has 4 aliphatic heterocycles. The lowest BCUT2D eigenvalue weighted by Gasteiger charge is -2.40. The number of alkyl halides is 2. The van der Waals surface area contributed by atoms with Crippen molar-refractivity contribution in [3.8, 4) is 17.2 Å². The largest absolute Gasteiger partial charge is 0.369 e. The van der Waals surface area contributed by atoms with Crippen LogP contribution in [0.3, 0.4) is 0 Å². The van der Waals surface area contributed by atoms with Gasteiger partial charge in [-0.05, 0) is 87.8 Å². The topological polar surface area (TPSA) is 90.1 Å². The summed E-state index contributed by atoms with van der Waals surface area (Å²) in [5.74, 6) is 0.0106. The number of benzene rings is 2. The van der Waals surface area contributed by atoms with E-state index in [0.717, 1.165) is 48.8 Å². The van der Waals surface area contributed by atoms with E-state index in [1.54, 1.807) is 25.1 Å². The quantitative estimate of drug-likeness (QED) is 0.168. The van der Waals surface area contributed by atoms with Crippen molar-refractivity contribution in [2.75, 3.05) is 24.5 Å². The molecule has 1 amide bonds. The van der Waals surface area contributed by atoms with Gasteiger partial charge in [0, 0.05) is 88.6 Å². The lowest BCUT2D eigenvalue weighted by Crippen LogP contribution is -2.45. The number of nitriles is 1. The number of anilines is 1. The molecule has 13 heteroatoms. The van der Waals surface area contributed by atoms with Gasteiger partial charge in [-0.15, -0.1) is 0 Å². The fraction of sp³-hybridized carbons (Fsp3) is 0.442. The number of carbonyl (C=O) groups is 1. The highest BCUT2D eigenvalue weighted by molar-refractivity contribution is 6.43. The Morgan fingerprint density at radius 1 is 1.05 bits per heavy atom. The molecule has 4 saturated heterocycles. The number of amides is 1. The number of fused-ring (bicyclic) bond motifs is 6. The SMILES string of the molecule is Cc1cc(N2CC3CC(C2)N(C(=O)C2CC2)C3c2cc3c(C)nc4c(F)c(-c5cccc(Cl)c5Cl)c(CCC#N)cc4c3n2C2C3CNC2C3)cc(C(F)F)n1. The minimum absolute atomic E-state index is 0.0176. The first-order valence-electron chi connectivity index (χ1n) is 19.6. The predicted molar refractivity (Wildman–Crippen MR) is 211 cm³/mol. The average Bonchev–Trinajstić information content (AvgIpc) is 3.45. The summed E-state index contributed by atoms with van der Waals surface area (Å²) in [4.78, 5) is 27.8. The van der Waals surface area contributed by atoms with Gasteiger partial charge in [0.25, 0.3) is 6.43 Å². The molecule has 5 aromatic rings. The predicted octanol–water partition coefficient (Wildman–Crippen LogP) is 9.43. The van der Waals surface area contributed by atoms with Gasteiger partial charge < -0.3 is 19.7 Å². The van der Waals surface area contributed by atoms with E-state index >= 15 is 4.39 Å². The Kier molecular flexibility index (Phi) is 8.59. The van der Waals surface area contributed by atoms with Crippen LogP contribution >= 0.6 is 23.2 Å². The number of piperidine rings is 1. The maximum atomic E-state index is 17.3. The van der Waals surface area contributed by atoms with Gasteiger partial charge in [0.05, 0.1) is 39.8 Å². The molecule has 6 atom stereocenters. The Hall–Kier alpha value is -4.37. The number of aryl methyl sites for hydroxylation is 3. The number of likely N-dealkylation sites (tertiary alicyclic amines) is 1. The summed E-state index contributed by atoms with van der Waals surface area (Å²) in [6.07, 6.45) is 1.36. The maximum Gasteiger partial charge on any atom is 0.280 e. The highest BCUT2D eigenvalue weighted by Crippen LogP contribution is 2.54. The highest BCUT2D eigenvalue weighted by atomic mass is 35.5. The molecule has 0 radical (unpaired) electrons. The van der Waals surface area contributed by atoms with Crippen LogP contribution < -0.4 is 10.2 Å². The third kappa shape index (κ3) is 5.53. The van der Waals surface area contributed by atoms with Gasteiger partial charge in [0.15, 0.2) is 5.82 Å². The first-order valence-corrected chi connectivity index (χ1v) is 20.3. The second-order valence-corrected chi connectivity index (χ2v) is 17.3. The zero-order valence-corrected chi connectivity index (χ0v) is 32.5. The number of rotatable bonds is 8. The summed E-state index contributed by atoms with van der Waals surface area (Å²) < 4.78 is 47.6. The van der Waals surface area contributed by atoms with E-state index in [2.05, 4.69) is 36.8 Å². The zero-order valence-electron chi connectivity index (χ0n) is 31.0. The normalized spacial score (nSPS) is 25.4. The van der Waals surface area contributed by atoms with Gasteiger partial charge in [-0.2, -0.15) is 5.26 Å². The van der Waals surface area contributed by atoms with Crippen molar-refractivity contribution < 1.29 is 18.0 Å². The number of pyridine rings is 2. The van der Waals surface area contributed by atoms with Crippen LogP contribution in [0, 0.1) is 48.7 Å². The first kappa shape index (κ1) is 36.0. The van der Waals surface area contributed by atoms with Crippen molar-refractivity contribution in [3.63, 3.8) is 0 Å². The molecular weight excluding hydrogens is 758 g/mol. The lowest BCUT2D eigenvalue weighted by molar-refractivity contribution is -0.135. The molecule has 1 N–H and O–H groups in total. The number of nitrogens with zero attached hydrogens (tertiary/aromatic N) is 6. The van der Waals surface area contributed by atoms with E-state index < -0.39 is 12.2 Å². The number of carbonyl (C=O) groups excluding carboxylic acids is 1. The molecule has 8 nitrogen and oxygen atoms in total. The Morgan fingerprint density at radius 2 is 1.88 bits per heavy atom. The molecule has 6 unspecified atom stereocenters. The maximum absolute atomic E-state index is 17.3. The van der Waals surface area contributed by atoms with Crippen molar-refractivity contribution >= 4 is 56.6 Å². The molecule has 3 aromatic heterocycles. The highest BCUT2D eigenvalue weighted by Gasteiger charge is 2.55. The zero-order chi connectivity index (χ0) is 38.7. The fourth-order valence-corrected chi connectivity index (χ4v) is 10.9. The minimum Gasteiger partial charge on any atom is -0.369 e. The van der Waals surface area contributed by atoms with Crippen molar-refractivity contribution in [3.05, 3.63) is 86.7 Å². The first-order chi connectivity index (χ1) is 27.0. The van der Waals surface area contributed by atoms with Crippen LogP contribution in [-0.2, 0) is 11.2 Å². The van der Waals surface area contributed by atoms with Gasteiger partial charge in [0.2, 0.25) is 5.91 Å². The van der Waals surface area contributed by atoms with Crippen molar-refractivity contribution in [2.24, 2.45) is 17.8 Å². The Labute approximate surface area is 332 Å². The molecule has 7 heterocycles. The number of halogens is 5. The standard InChI is InChI=1S/C43H40Cl2F3N7O/c1-20-11-26(15-33(51-20)42(47)48)53-18-25-12-27(19-53)54(43(56)22-8-9-22)40(25)34-16-29-21(2)52-38-30(41(29)55(34)39-24-14-32(39)50-17-24)13-23(5-4-10-49)35(37(38)46)28-6-3-7-31(44)36(28)45/h3,6-7,11,13,15-16,22,24-25,27,32,39-40,42,50H,4-5,8-9,12,14,17-19H2,1-2H3. The van der Waals surface area contributed by atoms with Crippen molar-refractivity contribution in [1.29, 1.82) is 5.26 Å². The molecule has 2 saturated carbocycles. The molecule has 2 aliphatic carbocycles. The van der Waals surface area contributed by atoms with Gasteiger partial charge in [-0.1, -0.05) is 35.3 Å². The molecule has 288 valence electrons. The fourth-order valence-electron chi connectivity index (χ4n) is 10.5. The van der Waals surface area contributed by atoms with Gasteiger partial charge >= 0.3 is 0 Å². The summed E-state index contributed by atoms with van der Waals surface area (Å²) >= 11 is 13.2. The summed E-state index contributed by atoms with van der Waals surface area (Å²) in [6, 6.07) is 14.8. The molecule has 0 spiro atoms. The average molecular weight is 799 g/mol. The van der Waals surface area contributed by atoms with Crippen LogP contribution in [0.4, 0.5) is 18.9 Å². The number of aromatic nitrogens is 3. The second kappa shape index (κ2) is 13.4. The molecule has 11 rings (SSSR count). The van der Waals surface area contributed by atoms with Crippen molar-refractivity contribution in [2.45, 2.75) is 83.0 Å². The van der Waals surface area contributed by atoms with Crippen LogP contribution in [0.1, 0.15) is 79.0 Å². The van der Waals surface area contributed by atoms with Crippen LogP contribution in [0.2, 0.25) is 10.0 Å². The third-order valence-corrected chi connectivity index (χ3v) is 13.9. The van der Waals surface area contributed by atoms with Gasteiger partial charge in [-0.25, -0.2) is 18.2 Å². The smallest absolute Gasteiger partial charge is 0.280 e. The van der Waals surface area contributed by atoms with E-state index in [1.807, 2.05) is 19.1 Å². The summed E-state index contributed by atoms with van der Waals surface area (Å²) in [5, 5.41) is 15.5. The van der Waals surface area contributed by atoms with E-state index in [-0.39, 0.29) is 64.6 Å². The molecular formula is C43H40Cl2F3N7O. The molecule has 56 heavy (non-hydrogen) atoms. The Morgan fingerprint density at radius 3 is 2.59 bits per heavy atom. The molecule has 6 aliphatic rings. The Bertz CT molecular complexity index is 2500. The van der Waals surface area contributed by atoms with E-state index in [9.17, 15) is 18.8 Å². The molecule has 2 aromatic carbocycles. The van der Waals surface area contributed by atoms with E-state index in [0.29, 0.717) is 69.6 Å². The van der Waals surface area contributed by atoms with E-state index in [1.165, 1.54) is 6.07 Å². The second-order valence-electron chi connectivity index (χ2n) is 16.5. The number of nitrogens with one attached hydrogen (secondary N) is 1. The molecule has 6 fully saturated rings. The number of hydrogen-bond acceptors (Lipinski definition) is 6. The summed E-state index contributed by atoms with van der Waals surface area (Å²) in [7, 11) is 0. The summed E-state index contributed by atoms with van der Waals surface area (Å²) in [6.45, 7) is 5.65. The van der Waals surface area contributed by atoms with Crippen LogP contribution in [0.25, 0.3) is 32.9 Å². The summed E-state index contributed by atoms with van der Waals surface area (Å²) in [5.41, 5.74) is 5.17. The van der Waals surface area contributed by atoms with E-state index in [4.69, 9.17) is 28.2 Å². The third-order valence-electron chi connectivity index (χ3n) is 13.1. The van der Waals surface area contributed by atoms with Crippen LogP contribution in [-0.4, -0.2) is 57.1 Å². The van der Waals surface area contributed by atoms with Gasteiger partial charge in [0.1, 0.15) is 11.2 Å². The lowest BCUT2D eigenvalue weighted by atomic mass is 9.79. The molecule has 4 bridgehead atoms. The van der Waals surface area contributed by atoms with Crippen molar-refractivity contribution in [1.82, 2.24) is 24.8 Å². The van der Waals surface area contributed by atoms with Crippen LogP contribution in [0.15, 0.2) is 42.5 Å². The monoisotopic (exact) mass is 797 g/mol.